The largest absolute Gasteiger partial charge is 0.481 e. The Hall–Kier alpha value is -1.26. The van der Waals surface area contributed by atoms with Gasteiger partial charge in [-0.2, -0.15) is 0 Å². The average Bonchev–Trinajstić information content (AvgIpc) is 2.32. The summed E-state index contributed by atoms with van der Waals surface area (Å²) < 4.78 is 0. The summed E-state index contributed by atoms with van der Waals surface area (Å²) in [4.78, 5) is 26.6. The third-order valence-corrected chi connectivity index (χ3v) is 4.20. The van der Waals surface area contributed by atoms with Crippen LogP contribution in [-0.2, 0) is 4.79 Å². The van der Waals surface area contributed by atoms with Gasteiger partial charge < -0.3 is 14.9 Å². The van der Waals surface area contributed by atoms with Gasteiger partial charge in [-0.15, -0.1) is 0 Å². The number of carbonyl (C=O) groups is 2. The second-order valence-corrected chi connectivity index (χ2v) is 5.56. The lowest BCUT2D eigenvalue weighted by molar-refractivity contribution is -0.143. The lowest BCUT2D eigenvalue weighted by Crippen LogP contribution is -2.47. The molecular weight excluding hydrogens is 232 g/mol. The Morgan fingerprint density at radius 1 is 1.22 bits per heavy atom. The minimum atomic E-state index is -0.732. The SMILES string of the molecule is CN(CC1CCC1)C(=O)N1CCC(C(=O)O)CC1. The van der Waals surface area contributed by atoms with Gasteiger partial charge in [0.2, 0.25) is 0 Å². The molecule has 0 aromatic rings. The van der Waals surface area contributed by atoms with E-state index >= 15 is 0 Å². The molecule has 102 valence electrons. The second-order valence-electron chi connectivity index (χ2n) is 5.56. The van der Waals surface area contributed by atoms with Crippen LogP contribution in [0.25, 0.3) is 0 Å². The van der Waals surface area contributed by atoms with Crippen molar-refractivity contribution in [3.8, 4) is 0 Å². The molecule has 0 radical (unpaired) electrons. The third-order valence-electron chi connectivity index (χ3n) is 4.20. The maximum absolute atomic E-state index is 12.2. The van der Waals surface area contributed by atoms with Crippen LogP contribution in [0, 0.1) is 11.8 Å². The van der Waals surface area contributed by atoms with Gasteiger partial charge in [0.25, 0.3) is 0 Å². The summed E-state index contributed by atoms with van der Waals surface area (Å²) in [6, 6.07) is 0.0609. The molecule has 2 amide bonds. The van der Waals surface area contributed by atoms with E-state index in [1.165, 1.54) is 19.3 Å². The average molecular weight is 254 g/mol. The molecule has 0 aromatic carbocycles. The first-order valence-electron chi connectivity index (χ1n) is 6.80. The van der Waals surface area contributed by atoms with E-state index in [0.717, 1.165) is 6.54 Å². The molecule has 1 aliphatic carbocycles. The van der Waals surface area contributed by atoms with Crippen molar-refractivity contribution in [2.45, 2.75) is 32.1 Å². The van der Waals surface area contributed by atoms with Crippen molar-refractivity contribution in [3.05, 3.63) is 0 Å². The maximum Gasteiger partial charge on any atom is 0.319 e. The predicted molar refractivity (Wildman–Crippen MR) is 67.3 cm³/mol. The molecule has 1 N–H and O–H groups in total. The first-order chi connectivity index (χ1) is 8.58. The van der Waals surface area contributed by atoms with Crippen LogP contribution in [0.4, 0.5) is 4.79 Å². The molecule has 1 aliphatic heterocycles. The highest BCUT2D eigenvalue weighted by Crippen LogP contribution is 2.27. The Balaban J connectivity index is 1.77. The first kappa shape index (κ1) is 13.2. The maximum atomic E-state index is 12.2. The molecule has 0 atom stereocenters. The van der Waals surface area contributed by atoms with Gasteiger partial charge in [0.15, 0.2) is 0 Å². The lowest BCUT2D eigenvalue weighted by atomic mass is 9.85. The molecule has 5 nitrogen and oxygen atoms in total. The quantitative estimate of drug-likeness (QED) is 0.832. The minimum absolute atomic E-state index is 0.0609. The Labute approximate surface area is 108 Å². The van der Waals surface area contributed by atoms with Crippen molar-refractivity contribution in [3.63, 3.8) is 0 Å². The summed E-state index contributed by atoms with van der Waals surface area (Å²) in [6.07, 6.45) is 4.92. The van der Waals surface area contributed by atoms with E-state index in [2.05, 4.69) is 0 Å². The van der Waals surface area contributed by atoms with Gasteiger partial charge in [-0.3, -0.25) is 4.79 Å². The molecule has 0 aromatic heterocycles. The van der Waals surface area contributed by atoms with E-state index in [4.69, 9.17) is 5.11 Å². The minimum Gasteiger partial charge on any atom is -0.481 e. The molecular formula is C13H22N2O3. The van der Waals surface area contributed by atoms with Gasteiger partial charge in [-0.1, -0.05) is 6.42 Å². The highest BCUT2D eigenvalue weighted by molar-refractivity contribution is 5.75. The van der Waals surface area contributed by atoms with E-state index in [-0.39, 0.29) is 11.9 Å². The fourth-order valence-corrected chi connectivity index (χ4v) is 2.70. The van der Waals surface area contributed by atoms with Crippen LogP contribution in [0.15, 0.2) is 0 Å². The third kappa shape index (κ3) is 2.94. The van der Waals surface area contributed by atoms with Crippen LogP contribution < -0.4 is 0 Å². The predicted octanol–water partition coefficient (Wildman–Crippen LogP) is 1.63. The number of carboxylic acid groups (broad SMARTS) is 1. The van der Waals surface area contributed by atoms with Crippen LogP contribution in [0.3, 0.4) is 0 Å². The normalized spacial score (nSPS) is 21.5. The number of likely N-dealkylation sites (tertiary alicyclic amines) is 1. The standard InChI is InChI=1S/C13H22N2O3/c1-14(9-10-3-2-4-10)13(18)15-7-5-11(6-8-15)12(16)17/h10-11H,2-9H2,1H3,(H,16,17). The van der Waals surface area contributed by atoms with Crippen molar-refractivity contribution >= 4 is 12.0 Å². The summed E-state index contributed by atoms with van der Waals surface area (Å²) in [5, 5.41) is 8.92. The molecule has 2 fully saturated rings. The summed E-state index contributed by atoms with van der Waals surface area (Å²) in [5.74, 6) is -0.327. The number of amides is 2. The van der Waals surface area contributed by atoms with Gasteiger partial charge in [0.1, 0.15) is 0 Å². The van der Waals surface area contributed by atoms with Gasteiger partial charge in [0.05, 0.1) is 5.92 Å². The second kappa shape index (κ2) is 5.59. The lowest BCUT2D eigenvalue weighted by Gasteiger charge is -2.36. The number of hydrogen-bond acceptors (Lipinski definition) is 2. The summed E-state index contributed by atoms with van der Waals surface area (Å²) in [7, 11) is 1.85. The van der Waals surface area contributed by atoms with Crippen molar-refractivity contribution < 1.29 is 14.7 Å². The van der Waals surface area contributed by atoms with E-state index in [1.807, 2.05) is 7.05 Å². The van der Waals surface area contributed by atoms with Crippen molar-refractivity contribution in [1.82, 2.24) is 9.80 Å². The molecule has 0 unspecified atom stereocenters. The molecule has 0 spiro atoms. The molecule has 0 bridgehead atoms. The molecule has 1 saturated heterocycles. The van der Waals surface area contributed by atoms with Crippen LogP contribution in [0.5, 0.6) is 0 Å². The van der Waals surface area contributed by atoms with Crippen LogP contribution >= 0.6 is 0 Å². The number of hydrogen-bond donors (Lipinski definition) is 1. The molecule has 18 heavy (non-hydrogen) atoms. The number of urea groups is 1. The first-order valence-corrected chi connectivity index (χ1v) is 6.80. The van der Waals surface area contributed by atoms with Gasteiger partial charge >= 0.3 is 12.0 Å². The fourth-order valence-electron chi connectivity index (χ4n) is 2.70. The molecule has 5 heteroatoms. The van der Waals surface area contributed by atoms with Gasteiger partial charge in [-0.25, -0.2) is 4.79 Å². The van der Waals surface area contributed by atoms with Crippen LogP contribution in [0.2, 0.25) is 0 Å². The Kier molecular flexibility index (Phi) is 4.09. The fraction of sp³-hybridized carbons (Fsp3) is 0.846. The number of piperidine rings is 1. The van der Waals surface area contributed by atoms with Crippen LogP contribution in [0.1, 0.15) is 32.1 Å². The van der Waals surface area contributed by atoms with Gasteiger partial charge in [0, 0.05) is 26.7 Å². The highest BCUT2D eigenvalue weighted by Gasteiger charge is 2.29. The summed E-state index contributed by atoms with van der Waals surface area (Å²) >= 11 is 0. The number of aliphatic carboxylic acids is 1. The topological polar surface area (TPSA) is 60.9 Å². The Morgan fingerprint density at radius 3 is 2.28 bits per heavy atom. The molecule has 2 aliphatic rings. The number of rotatable bonds is 3. The monoisotopic (exact) mass is 254 g/mol. The van der Waals surface area contributed by atoms with Crippen LogP contribution in [-0.4, -0.2) is 53.6 Å². The Morgan fingerprint density at radius 2 is 1.83 bits per heavy atom. The van der Waals surface area contributed by atoms with E-state index in [9.17, 15) is 9.59 Å². The number of carboxylic acids is 1. The van der Waals surface area contributed by atoms with E-state index < -0.39 is 5.97 Å². The summed E-state index contributed by atoms with van der Waals surface area (Å²) in [5.41, 5.74) is 0. The Bertz CT molecular complexity index is 320. The van der Waals surface area contributed by atoms with E-state index in [1.54, 1.807) is 9.80 Å². The zero-order valence-corrected chi connectivity index (χ0v) is 11.0. The zero-order chi connectivity index (χ0) is 13.1. The number of nitrogens with zero attached hydrogens (tertiary/aromatic N) is 2. The van der Waals surface area contributed by atoms with Crippen molar-refractivity contribution in [2.24, 2.45) is 11.8 Å². The molecule has 2 rings (SSSR count). The van der Waals surface area contributed by atoms with E-state index in [0.29, 0.717) is 31.8 Å². The number of carbonyl (C=O) groups excluding carboxylic acids is 1. The zero-order valence-electron chi connectivity index (χ0n) is 11.0. The molecule has 1 saturated carbocycles. The smallest absolute Gasteiger partial charge is 0.319 e. The molecule has 1 heterocycles. The van der Waals surface area contributed by atoms with Gasteiger partial charge in [-0.05, 0) is 31.6 Å². The van der Waals surface area contributed by atoms with Crippen molar-refractivity contribution in [1.29, 1.82) is 0 Å². The highest BCUT2D eigenvalue weighted by atomic mass is 16.4. The van der Waals surface area contributed by atoms with Crippen molar-refractivity contribution in [2.75, 3.05) is 26.7 Å². The summed E-state index contributed by atoms with van der Waals surface area (Å²) in [6.45, 7) is 1.99.